The van der Waals surface area contributed by atoms with Gasteiger partial charge in [0.1, 0.15) is 0 Å². The van der Waals surface area contributed by atoms with E-state index in [0.717, 1.165) is 36.8 Å². The Morgan fingerprint density at radius 3 is 2.95 bits per heavy atom. The van der Waals surface area contributed by atoms with E-state index < -0.39 is 0 Å². The fourth-order valence-electron chi connectivity index (χ4n) is 2.75. The van der Waals surface area contributed by atoms with Gasteiger partial charge in [0, 0.05) is 23.6 Å². The van der Waals surface area contributed by atoms with Crippen molar-refractivity contribution >= 4 is 11.6 Å². The van der Waals surface area contributed by atoms with Crippen molar-refractivity contribution in [2.45, 2.75) is 39.2 Å². The summed E-state index contributed by atoms with van der Waals surface area (Å²) in [4.78, 5) is 0. The topological polar surface area (TPSA) is 21.3 Å². The van der Waals surface area contributed by atoms with Gasteiger partial charge < -0.3 is 10.1 Å². The lowest BCUT2D eigenvalue weighted by Crippen LogP contribution is -2.33. The summed E-state index contributed by atoms with van der Waals surface area (Å²) in [5, 5.41) is 4.52. The normalized spacial score (nSPS) is 21.3. The van der Waals surface area contributed by atoms with Crippen LogP contribution in [0.5, 0.6) is 0 Å². The predicted octanol–water partition coefficient (Wildman–Crippen LogP) is 4.12. The molecular formula is C16H24ClNO. The van der Waals surface area contributed by atoms with E-state index in [2.05, 4.69) is 31.3 Å². The minimum absolute atomic E-state index is 0.385. The van der Waals surface area contributed by atoms with Crippen LogP contribution >= 0.6 is 11.6 Å². The molecule has 19 heavy (non-hydrogen) atoms. The van der Waals surface area contributed by atoms with Gasteiger partial charge in [0.25, 0.3) is 0 Å². The van der Waals surface area contributed by atoms with Gasteiger partial charge in [-0.2, -0.15) is 0 Å². The minimum atomic E-state index is 0.385. The Labute approximate surface area is 121 Å². The lowest BCUT2D eigenvalue weighted by atomic mass is 9.88. The maximum absolute atomic E-state index is 6.13. The second kappa shape index (κ2) is 7.28. The maximum atomic E-state index is 6.13. The number of ether oxygens (including phenoxy) is 1. The van der Waals surface area contributed by atoms with Crippen LogP contribution in [0.25, 0.3) is 0 Å². The molecule has 2 rings (SSSR count). The summed E-state index contributed by atoms with van der Waals surface area (Å²) >= 11 is 6.13. The molecule has 1 heterocycles. The number of rotatable bonds is 5. The van der Waals surface area contributed by atoms with E-state index in [4.69, 9.17) is 16.3 Å². The van der Waals surface area contributed by atoms with Gasteiger partial charge in [-0.25, -0.2) is 0 Å². The number of nitrogens with one attached hydrogen (secondary N) is 1. The van der Waals surface area contributed by atoms with Crippen molar-refractivity contribution in [3.63, 3.8) is 0 Å². The molecule has 1 fully saturated rings. The predicted molar refractivity (Wildman–Crippen MR) is 80.8 cm³/mol. The van der Waals surface area contributed by atoms with E-state index in [9.17, 15) is 0 Å². The molecule has 0 amide bonds. The molecule has 3 heteroatoms. The summed E-state index contributed by atoms with van der Waals surface area (Å²) in [6.45, 7) is 7.09. The highest BCUT2D eigenvalue weighted by molar-refractivity contribution is 6.31. The Morgan fingerprint density at radius 2 is 2.32 bits per heavy atom. The van der Waals surface area contributed by atoms with E-state index in [1.54, 1.807) is 0 Å². The van der Waals surface area contributed by atoms with Crippen LogP contribution in [0.15, 0.2) is 18.2 Å². The third-order valence-corrected chi connectivity index (χ3v) is 4.25. The minimum Gasteiger partial charge on any atom is -0.381 e. The van der Waals surface area contributed by atoms with Crippen molar-refractivity contribution in [3.05, 3.63) is 34.3 Å². The van der Waals surface area contributed by atoms with Crippen molar-refractivity contribution in [2.75, 3.05) is 19.8 Å². The first kappa shape index (κ1) is 14.8. The Bertz CT molecular complexity index is 402. The standard InChI is InChI=1S/C16H24ClNO/c1-3-8-18-16(14-5-4-9-19-11-14)13-6-7-15(17)12(2)10-13/h6-7,10,14,16,18H,3-5,8-9,11H2,1-2H3. The maximum Gasteiger partial charge on any atom is 0.0512 e. The molecule has 1 aliphatic heterocycles. The van der Waals surface area contributed by atoms with Crippen molar-refractivity contribution in [2.24, 2.45) is 5.92 Å². The van der Waals surface area contributed by atoms with Gasteiger partial charge in [0.15, 0.2) is 0 Å². The first-order valence-corrected chi connectivity index (χ1v) is 7.67. The molecule has 0 aromatic heterocycles. The SMILES string of the molecule is CCCNC(c1ccc(Cl)c(C)c1)C1CCCOC1. The highest BCUT2D eigenvalue weighted by Crippen LogP contribution is 2.30. The van der Waals surface area contributed by atoms with Gasteiger partial charge in [-0.15, -0.1) is 0 Å². The summed E-state index contributed by atoms with van der Waals surface area (Å²) in [7, 11) is 0. The van der Waals surface area contributed by atoms with Gasteiger partial charge in [-0.05, 0) is 49.9 Å². The summed E-state index contributed by atoms with van der Waals surface area (Å²) < 4.78 is 5.65. The molecule has 2 unspecified atom stereocenters. The molecular weight excluding hydrogens is 258 g/mol. The van der Waals surface area contributed by atoms with E-state index in [1.807, 2.05) is 6.07 Å². The first-order valence-electron chi connectivity index (χ1n) is 7.29. The molecule has 1 N–H and O–H groups in total. The molecule has 1 aliphatic rings. The molecule has 0 spiro atoms. The molecule has 0 radical (unpaired) electrons. The van der Waals surface area contributed by atoms with Crippen LogP contribution in [0.2, 0.25) is 5.02 Å². The van der Waals surface area contributed by atoms with E-state index in [1.165, 1.54) is 18.4 Å². The van der Waals surface area contributed by atoms with E-state index >= 15 is 0 Å². The molecule has 1 aromatic rings. The lowest BCUT2D eigenvalue weighted by molar-refractivity contribution is 0.0390. The largest absolute Gasteiger partial charge is 0.381 e. The smallest absolute Gasteiger partial charge is 0.0512 e. The summed E-state index contributed by atoms with van der Waals surface area (Å²) in [6.07, 6.45) is 3.56. The highest BCUT2D eigenvalue weighted by atomic mass is 35.5. The molecule has 0 bridgehead atoms. The van der Waals surface area contributed by atoms with Gasteiger partial charge >= 0.3 is 0 Å². The van der Waals surface area contributed by atoms with Crippen molar-refractivity contribution in [1.82, 2.24) is 5.32 Å². The molecule has 1 saturated heterocycles. The number of aryl methyl sites for hydroxylation is 1. The summed E-state index contributed by atoms with van der Waals surface area (Å²) in [5.74, 6) is 0.570. The number of benzene rings is 1. The van der Waals surface area contributed by atoms with Crippen molar-refractivity contribution in [1.29, 1.82) is 0 Å². The molecule has 2 nitrogen and oxygen atoms in total. The Morgan fingerprint density at radius 1 is 1.47 bits per heavy atom. The second-order valence-electron chi connectivity index (χ2n) is 5.42. The van der Waals surface area contributed by atoms with Crippen molar-refractivity contribution in [3.8, 4) is 0 Å². The van der Waals surface area contributed by atoms with Crippen LogP contribution in [0.3, 0.4) is 0 Å². The Kier molecular flexibility index (Phi) is 5.68. The van der Waals surface area contributed by atoms with Gasteiger partial charge in [0.05, 0.1) is 6.61 Å². The van der Waals surface area contributed by atoms with Crippen LogP contribution in [-0.4, -0.2) is 19.8 Å². The third kappa shape index (κ3) is 3.95. The zero-order valence-corrected chi connectivity index (χ0v) is 12.7. The average Bonchev–Trinajstić information content (AvgIpc) is 2.44. The van der Waals surface area contributed by atoms with Gasteiger partial charge in [0.2, 0.25) is 0 Å². The van der Waals surface area contributed by atoms with Crippen molar-refractivity contribution < 1.29 is 4.74 Å². The van der Waals surface area contributed by atoms with Crippen LogP contribution in [-0.2, 0) is 4.74 Å². The quantitative estimate of drug-likeness (QED) is 0.877. The molecule has 2 atom stereocenters. The highest BCUT2D eigenvalue weighted by Gasteiger charge is 2.25. The fourth-order valence-corrected chi connectivity index (χ4v) is 2.86. The monoisotopic (exact) mass is 281 g/mol. The van der Waals surface area contributed by atoms with Gasteiger partial charge in [-0.1, -0.05) is 30.7 Å². The van der Waals surface area contributed by atoms with Crippen LogP contribution < -0.4 is 5.32 Å². The first-order chi connectivity index (χ1) is 9.22. The molecule has 106 valence electrons. The summed E-state index contributed by atoms with van der Waals surface area (Å²) in [6, 6.07) is 6.76. The van der Waals surface area contributed by atoms with Crippen LogP contribution in [0, 0.1) is 12.8 Å². The zero-order valence-electron chi connectivity index (χ0n) is 11.9. The van der Waals surface area contributed by atoms with Crippen LogP contribution in [0.4, 0.5) is 0 Å². The number of hydrogen-bond donors (Lipinski definition) is 1. The molecule has 0 aliphatic carbocycles. The average molecular weight is 282 g/mol. The summed E-state index contributed by atoms with van der Waals surface area (Å²) in [5.41, 5.74) is 2.49. The molecule has 0 saturated carbocycles. The van der Waals surface area contributed by atoms with Crippen LogP contribution in [0.1, 0.15) is 43.4 Å². The number of halogens is 1. The molecule has 1 aromatic carbocycles. The van der Waals surface area contributed by atoms with E-state index in [0.29, 0.717) is 12.0 Å². The Hall–Kier alpha value is -0.570. The number of hydrogen-bond acceptors (Lipinski definition) is 2. The third-order valence-electron chi connectivity index (χ3n) is 3.82. The second-order valence-corrected chi connectivity index (χ2v) is 5.82. The lowest BCUT2D eigenvalue weighted by Gasteiger charge is -2.31. The fraction of sp³-hybridized carbons (Fsp3) is 0.625. The Balaban J connectivity index is 2.17. The van der Waals surface area contributed by atoms with Gasteiger partial charge in [-0.3, -0.25) is 0 Å². The zero-order chi connectivity index (χ0) is 13.7. The van der Waals surface area contributed by atoms with E-state index in [-0.39, 0.29) is 0 Å².